The van der Waals surface area contributed by atoms with Crippen LogP contribution in [0.25, 0.3) is 5.82 Å². The van der Waals surface area contributed by atoms with Gasteiger partial charge in [-0.05, 0) is 49.1 Å². The van der Waals surface area contributed by atoms with Crippen molar-refractivity contribution in [2.75, 3.05) is 24.6 Å². The number of nitrogens with zero attached hydrogens (tertiary/aromatic N) is 5. The van der Waals surface area contributed by atoms with Crippen LogP contribution >= 0.6 is 0 Å². The van der Waals surface area contributed by atoms with Gasteiger partial charge in [0.1, 0.15) is 5.60 Å². The Morgan fingerprint density at radius 1 is 1.04 bits per heavy atom. The molecule has 1 saturated heterocycles. The minimum atomic E-state index is -0.214. The van der Waals surface area contributed by atoms with Crippen LogP contribution in [-0.4, -0.2) is 39.7 Å². The molecule has 1 unspecified atom stereocenters. The number of aromatic nitrogens is 4. The Bertz CT molecular complexity index is 931. The van der Waals surface area contributed by atoms with Gasteiger partial charge in [-0.1, -0.05) is 24.3 Å². The second-order valence-corrected chi connectivity index (χ2v) is 7.07. The molecule has 3 heterocycles. The first-order valence-electron chi connectivity index (χ1n) is 9.07. The van der Waals surface area contributed by atoms with Crippen molar-refractivity contribution >= 4 is 5.82 Å². The molecule has 132 valence electrons. The smallest absolute Gasteiger partial charge is 0.175 e. The zero-order valence-corrected chi connectivity index (χ0v) is 14.8. The summed E-state index contributed by atoms with van der Waals surface area (Å²) in [5.41, 5.74) is 3.49. The molecule has 26 heavy (non-hydrogen) atoms. The van der Waals surface area contributed by atoms with Crippen LogP contribution in [0.3, 0.4) is 0 Å². The fraction of sp³-hybridized carbons (Fsp3) is 0.350. The number of benzene rings is 1. The lowest BCUT2D eigenvalue weighted by atomic mass is 9.93. The summed E-state index contributed by atoms with van der Waals surface area (Å²) >= 11 is 0. The van der Waals surface area contributed by atoms with Crippen molar-refractivity contribution in [3.63, 3.8) is 0 Å². The van der Waals surface area contributed by atoms with E-state index in [1.54, 1.807) is 4.68 Å². The maximum atomic E-state index is 6.30. The summed E-state index contributed by atoms with van der Waals surface area (Å²) in [6.07, 6.45) is 4.01. The Hall–Kier alpha value is -2.73. The second-order valence-electron chi connectivity index (χ2n) is 7.07. The minimum Gasteiger partial charge on any atom is -0.367 e. The normalized spacial score (nSPS) is 22.0. The number of anilines is 1. The van der Waals surface area contributed by atoms with Gasteiger partial charge in [0.05, 0.1) is 18.8 Å². The molecular weight excluding hydrogens is 326 g/mol. The quantitative estimate of drug-likeness (QED) is 0.713. The zero-order valence-electron chi connectivity index (χ0n) is 14.8. The van der Waals surface area contributed by atoms with Crippen LogP contribution < -0.4 is 4.90 Å². The SMILES string of the molecule is Cc1ccn(-c2ccc(N3CCOC4(CCc5ccccc54)C3)nn2)n1. The van der Waals surface area contributed by atoms with Crippen LogP contribution in [0.4, 0.5) is 5.82 Å². The standard InChI is InChI=1S/C20H21N5O/c1-15-9-11-25(23-15)19-7-6-18(21-22-19)24-12-13-26-20(14-24)10-8-16-4-2-3-5-17(16)20/h2-7,9,11H,8,10,12-14H2,1H3. The Morgan fingerprint density at radius 2 is 1.88 bits per heavy atom. The summed E-state index contributed by atoms with van der Waals surface area (Å²) in [5, 5.41) is 13.2. The molecule has 0 bridgehead atoms. The van der Waals surface area contributed by atoms with Crippen LogP contribution in [0.2, 0.25) is 0 Å². The Balaban J connectivity index is 1.41. The lowest BCUT2D eigenvalue weighted by molar-refractivity contribution is -0.0594. The number of morpholine rings is 1. The van der Waals surface area contributed by atoms with Crippen molar-refractivity contribution in [2.24, 2.45) is 0 Å². The summed E-state index contributed by atoms with van der Waals surface area (Å²) in [6, 6.07) is 14.6. The van der Waals surface area contributed by atoms with E-state index in [2.05, 4.69) is 44.5 Å². The molecule has 5 rings (SSSR count). The number of ether oxygens (including phenoxy) is 1. The molecule has 0 amide bonds. The molecule has 6 heteroatoms. The zero-order chi connectivity index (χ0) is 17.6. The lowest BCUT2D eigenvalue weighted by Crippen LogP contribution is -2.49. The molecular formula is C20H21N5O. The second kappa shape index (κ2) is 5.92. The van der Waals surface area contributed by atoms with Gasteiger partial charge in [0, 0.05) is 12.7 Å². The monoisotopic (exact) mass is 347 g/mol. The molecule has 2 aromatic heterocycles. The van der Waals surface area contributed by atoms with Crippen molar-refractivity contribution in [3.8, 4) is 5.82 Å². The van der Waals surface area contributed by atoms with Crippen LogP contribution in [0.15, 0.2) is 48.7 Å². The molecule has 6 nitrogen and oxygen atoms in total. The molecule has 0 radical (unpaired) electrons. The van der Waals surface area contributed by atoms with Gasteiger partial charge in [-0.15, -0.1) is 10.2 Å². The predicted molar refractivity (Wildman–Crippen MR) is 98.5 cm³/mol. The molecule has 1 aromatic carbocycles. The first-order valence-corrected chi connectivity index (χ1v) is 9.07. The predicted octanol–water partition coefficient (Wildman–Crippen LogP) is 2.65. The Morgan fingerprint density at radius 3 is 2.69 bits per heavy atom. The maximum absolute atomic E-state index is 6.30. The lowest BCUT2D eigenvalue weighted by Gasteiger charge is -2.41. The molecule has 3 aromatic rings. The Kier molecular flexibility index (Phi) is 3.53. The van der Waals surface area contributed by atoms with E-state index in [0.29, 0.717) is 6.61 Å². The van der Waals surface area contributed by atoms with Gasteiger partial charge < -0.3 is 9.64 Å². The van der Waals surface area contributed by atoms with Gasteiger partial charge in [-0.2, -0.15) is 5.10 Å². The van der Waals surface area contributed by atoms with Crippen LogP contribution in [0, 0.1) is 6.92 Å². The molecule has 0 saturated carbocycles. The molecule has 1 aliphatic heterocycles. The minimum absolute atomic E-state index is 0.214. The maximum Gasteiger partial charge on any atom is 0.175 e. The summed E-state index contributed by atoms with van der Waals surface area (Å²) in [7, 11) is 0. The van der Waals surface area contributed by atoms with Crippen LogP contribution in [0.5, 0.6) is 0 Å². The van der Waals surface area contributed by atoms with Crippen LogP contribution in [0.1, 0.15) is 23.2 Å². The van der Waals surface area contributed by atoms with Crippen molar-refractivity contribution in [2.45, 2.75) is 25.4 Å². The third-order valence-corrected chi connectivity index (χ3v) is 5.41. The third-order valence-electron chi connectivity index (χ3n) is 5.41. The fourth-order valence-electron chi connectivity index (χ4n) is 4.10. The van der Waals surface area contributed by atoms with E-state index in [4.69, 9.17) is 4.74 Å². The average Bonchev–Trinajstić information content (AvgIpc) is 3.27. The number of aryl methyl sites for hydroxylation is 2. The summed E-state index contributed by atoms with van der Waals surface area (Å²) < 4.78 is 8.05. The highest BCUT2D eigenvalue weighted by molar-refractivity contribution is 5.45. The molecule has 1 spiro atoms. The largest absolute Gasteiger partial charge is 0.367 e. The Labute approximate surface area is 152 Å². The highest BCUT2D eigenvalue weighted by Gasteiger charge is 2.43. The molecule has 2 aliphatic rings. The van der Waals surface area contributed by atoms with Crippen molar-refractivity contribution in [1.29, 1.82) is 0 Å². The first-order chi connectivity index (χ1) is 12.7. The van der Waals surface area contributed by atoms with Gasteiger partial charge in [0.15, 0.2) is 11.6 Å². The van der Waals surface area contributed by atoms with Gasteiger partial charge >= 0.3 is 0 Å². The topological polar surface area (TPSA) is 56.1 Å². The van der Waals surface area contributed by atoms with Crippen molar-refractivity contribution in [1.82, 2.24) is 20.0 Å². The number of hydrogen-bond donors (Lipinski definition) is 0. The summed E-state index contributed by atoms with van der Waals surface area (Å²) in [5.74, 6) is 1.63. The number of hydrogen-bond acceptors (Lipinski definition) is 5. The molecule has 0 N–H and O–H groups in total. The van der Waals surface area contributed by atoms with E-state index in [9.17, 15) is 0 Å². The van der Waals surface area contributed by atoms with E-state index in [-0.39, 0.29) is 5.60 Å². The number of fused-ring (bicyclic) bond motifs is 2. The highest BCUT2D eigenvalue weighted by Crippen LogP contribution is 2.42. The average molecular weight is 347 g/mol. The fourth-order valence-corrected chi connectivity index (χ4v) is 4.10. The molecule has 1 atom stereocenters. The first kappa shape index (κ1) is 15.5. The van der Waals surface area contributed by atoms with Gasteiger partial charge in [0.25, 0.3) is 0 Å². The van der Waals surface area contributed by atoms with E-state index < -0.39 is 0 Å². The van der Waals surface area contributed by atoms with Crippen molar-refractivity contribution in [3.05, 3.63) is 65.5 Å². The van der Waals surface area contributed by atoms with Gasteiger partial charge in [-0.25, -0.2) is 4.68 Å². The van der Waals surface area contributed by atoms with Crippen molar-refractivity contribution < 1.29 is 4.74 Å². The van der Waals surface area contributed by atoms with Gasteiger partial charge in [-0.3, -0.25) is 0 Å². The molecule has 1 aliphatic carbocycles. The van der Waals surface area contributed by atoms with Gasteiger partial charge in [0.2, 0.25) is 0 Å². The van der Waals surface area contributed by atoms with E-state index >= 15 is 0 Å². The van der Waals surface area contributed by atoms with E-state index in [1.165, 1.54) is 11.1 Å². The highest BCUT2D eigenvalue weighted by atomic mass is 16.5. The molecule has 1 fully saturated rings. The third kappa shape index (κ3) is 2.49. The summed E-state index contributed by atoms with van der Waals surface area (Å²) in [6.45, 7) is 4.32. The number of rotatable bonds is 2. The van der Waals surface area contributed by atoms with E-state index in [0.717, 1.165) is 43.3 Å². The van der Waals surface area contributed by atoms with E-state index in [1.807, 2.05) is 31.3 Å². The van der Waals surface area contributed by atoms with Crippen LogP contribution in [-0.2, 0) is 16.8 Å². The summed E-state index contributed by atoms with van der Waals surface area (Å²) in [4.78, 5) is 2.29.